The number of halogens is 2. The molecule has 0 aromatic heterocycles. The van der Waals surface area contributed by atoms with Gasteiger partial charge in [0, 0.05) is 0 Å². The van der Waals surface area contributed by atoms with Crippen LogP contribution in [0.15, 0.2) is 23.1 Å². The number of carboxylic acids is 1. The number of carbonyl (C=O) groups is 2. The van der Waals surface area contributed by atoms with Gasteiger partial charge in [-0.05, 0) is 23.8 Å². The van der Waals surface area contributed by atoms with E-state index in [1.165, 1.54) is 12.1 Å². The lowest BCUT2D eigenvalue weighted by atomic mass is 10.2. The summed E-state index contributed by atoms with van der Waals surface area (Å²) in [7, 11) is 0. The largest absolute Gasteiger partial charge is 0.480 e. The Morgan fingerprint density at radius 2 is 2.10 bits per heavy atom. The minimum Gasteiger partial charge on any atom is -0.480 e. The van der Waals surface area contributed by atoms with Crippen LogP contribution >= 0.6 is 24.0 Å². The van der Waals surface area contributed by atoms with E-state index in [4.69, 9.17) is 17.3 Å². The summed E-state index contributed by atoms with van der Waals surface area (Å²) in [5.41, 5.74) is 0.291. The van der Waals surface area contributed by atoms with Crippen LogP contribution in [0, 0.1) is 11.6 Å². The van der Waals surface area contributed by atoms with Gasteiger partial charge in [0.25, 0.3) is 5.91 Å². The van der Waals surface area contributed by atoms with Crippen molar-refractivity contribution in [3.63, 3.8) is 0 Å². The third-order valence-electron chi connectivity index (χ3n) is 2.41. The Kier molecular flexibility index (Phi) is 4.15. The standard InChI is InChI=1S/C12H7F2NO3S2/c13-7-2-1-6(3-8(7)14)4-9-11(18)15(5-10(16)17)12(19)20-9/h1-4H,5H2,(H,16,17)/b9-4+. The highest BCUT2D eigenvalue weighted by Crippen LogP contribution is 2.32. The predicted molar refractivity (Wildman–Crippen MR) is 73.9 cm³/mol. The number of hydrogen-bond acceptors (Lipinski definition) is 4. The zero-order chi connectivity index (χ0) is 14.9. The van der Waals surface area contributed by atoms with Gasteiger partial charge in [0.2, 0.25) is 0 Å². The van der Waals surface area contributed by atoms with Crippen LogP contribution in [-0.2, 0) is 9.59 Å². The highest BCUT2D eigenvalue weighted by atomic mass is 32.2. The molecule has 1 fully saturated rings. The number of amides is 1. The van der Waals surface area contributed by atoms with Gasteiger partial charge in [0.15, 0.2) is 11.6 Å². The van der Waals surface area contributed by atoms with Crippen LogP contribution in [0.4, 0.5) is 8.78 Å². The molecule has 1 aromatic carbocycles. The monoisotopic (exact) mass is 315 g/mol. The summed E-state index contributed by atoms with van der Waals surface area (Å²) in [6, 6.07) is 3.19. The SMILES string of the molecule is O=C(O)CN1C(=O)/C(=C\c2ccc(F)c(F)c2)SC1=S. The summed E-state index contributed by atoms with van der Waals surface area (Å²) < 4.78 is 26.0. The second kappa shape index (κ2) is 5.68. The normalized spacial score (nSPS) is 17.1. The molecule has 1 heterocycles. The summed E-state index contributed by atoms with van der Waals surface area (Å²) in [5, 5.41) is 8.68. The molecule has 1 amide bonds. The predicted octanol–water partition coefficient (Wildman–Crippen LogP) is 2.25. The first-order valence-electron chi connectivity index (χ1n) is 5.30. The number of carboxylic acid groups (broad SMARTS) is 1. The average molecular weight is 315 g/mol. The summed E-state index contributed by atoms with van der Waals surface area (Å²) in [4.78, 5) is 23.7. The van der Waals surface area contributed by atoms with Crippen LogP contribution < -0.4 is 0 Å². The number of nitrogens with zero attached hydrogens (tertiary/aromatic N) is 1. The number of thiocarbonyl (C=S) groups is 1. The number of thioether (sulfide) groups is 1. The van der Waals surface area contributed by atoms with Gasteiger partial charge in [-0.3, -0.25) is 14.5 Å². The first kappa shape index (κ1) is 14.6. The number of aliphatic carboxylic acids is 1. The van der Waals surface area contributed by atoms with Crippen LogP contribution in [0.5, 0.6) is 0 Å². The van der Waals surface area contributed by atoms with E-state index in [1.54, 1.807) is 0 Å². The van der Waals surface area contributed by atoms with E-state index in [0.29, 0.717) is 5.56 Å². The summed E-state index contributed by atoms with van der Waals surface area (Å²) in [5.74, 6) is -3.76. The molecule has 1 saturated heterocycles. The van der Waals surface area contributed by atoms with Crippen LogP contribution in [-0.4, -0.2) is 32.7 Å². The van der Waals surface area contributed by atoms with Crippen molar-refractivity contribution in [3.8, 4) is 0 Å². The second-order valence-electron chi connectivity index (χ2n) is 3.84. The van der Waals surface area contributed by atoms with Crippen LogP contribution in [0.1, 0.15) is 5.56 Å². The molecule has 2 rings (SSSR count). The Morgan fingerprint density at radius 1 is 1.40 bits per heavy atom. The first-order chi connectivity index (χ1) is 9.38. The molecule has 0 saturated carbocycles. The van der Waals surface area contributed by atoms with Crippen LogP contribution in [0.2, 0.25) is 0 Å². The highest BCUT2D eigenvalue weighted by Gasteiger charge is 2.33. The fraction of sp³-hybridized carbons (Fsp3) is 0.0833. The topological polar surface area (TPSA) is 57.6 Å². The first-order valence-corrected chi connectivity index (χ1v) is 6.53. The summed E-state index contributed by atoms with van der Waals surface area (Å²) >= 11 is 5.82. The molecule has 8 heteroatoms. The van der Waals surface area contributed by atoms with E-state index in [1.807, 2.05) is 0 Å². The van der Waals surface area contributed by atoms with E-state index in [0.717, 1.165) is 28.8 Å². The molecule has 1 aromatic rings. The molecular weight excluding hydrogens is 308 g/mol. The smallest absolute Gasteiger partial charge is 0.323 e. The van der Waals surface area contributed by atoms with Crippen molar-refractivity contribution in [2.75, 3.05) is 6.54 Å². The van der Waals surface area contributed by atoms with Crippen molar-refractivity contribution < 1.29 is 23.5 Å². The zero-order valence-corrected chi connectivity index (χ0v) is 11.4. The van der Waals surface area contributed by atoms with Crippen molar-refractivity contribution in [2.24, 2.45) is 0 Å². The van der Waals surface area contributed by atoms with Gasteiger partial charge in [0.05, 0.1) is 4.91 Å². The molecule has 1 N–H and O–H groups in total. The molecule has 1 aliphatic rings. The lowest BCUT2D eigenvalue weighted by molar-refractivity contribution is -0.140. The molecular formula is C12H7F2NO3S2. The lowest BCUT2D eigenvalue weighted by Gasteiger charge is -2.10. The second-order valence-corrected chi connectivity index (χ2v) is 5.51. The van der Waals surface area contributed by atoms with Gasteiger partial charge < -0.3 is 5.11 Å². The zero-order valence-electron chi connectivity index (χ0n) is 9.80. The third-order valence-corrected chi connectivity index (χ3v) is 3.79. The molecule has 0 unspecified atom stereocenters. The van der Waals surface area contributed by atoms with Crippen molar-refractivity contribution in [2.45, 2.75) is 0 Å². The maximum Gasteiger partial charge on any atom is 0.323 e. The van der Waals surface area contributed by atoms with Gasteiger partial charge in [-0.1, -0.05) is 30.0 Å². The molecule has 0 bridgehead atoms. The molecule has 0 radical (unpaired) electrons. The number of carbonyl (C=O) groups excluding carboxylic acids is 1. The maximum atomic E-state index is 13.1. The molecule has 1 aliphatic heterocycles. The third kappa shape index (κ3) is 3.02. The summed E-state index contributed by atoms with van der Waals surface area (Å²) in [6.45, 7) is -0.528. The van der Waals surface area contributed by atoms with Crippen molar-refractivity contribution >= 4 is 46.3 Å². The molecule has 104 valence electrons. The quantitative estimate of drug-likeness (QED) is 0.685. The minimum atomic E-state index is -1.18. The molecule has 0 spiro atoms. The van der Waals surface area contributed by atoms with Gasteiger partial charge in [-0.25, -0.2) is 8.78 Å². The van der Waals surface area contributed by atoms with Crippen molar-refractivity contribution in [1.29, 1.82) is 0 Å². The average Bonchev–Trinajstić information content (AvgIpc) is 2.61. The van der Waals surface area contributed by atoms with Gasteiger partial charge in [-0.2, -0.15) is 0 Å². The highest BCUT2D eigenvalue weighted by molar-refractivity contribution is 8.26. The van der Waals surface area contributed by atoms with E-state index in [9.17, 15) is 18.4 Å². The molecule has 4 nitrogen and oxygen atoms in total. The Hall–Kier alpha value is -1.80. The van der Waals surface area contributed by atoms with Gasteiger partial charge in [-0.15, -0.1) is 0 Å². The Labute approximate surface area is 122 Å². The molecule has 20 heavy (non-hydrogen) atoms. The fourth-order valence-corrected chi connectivity index (χ4v) is 2.78. The number of hydrogen-bond donors (Lipinski definition) is 1. The number of benzene rings is 1. The van der Waals surface area contributed by atoms with E-state index in [2.05, 4.69) is 0 Å². The van der Waals surface area contributed by atoms with E-state index in [-0.39, 0.29) is 9.23 Å². The lowest BCUT2D eigenvalue weighted by Crippen LogP contribution is -2.33. The number of rotatable bonds is 3. The van der Waals surface area contributed by atoms with Gasteiger partial charge in [0.1, 0.15) is 10.9 Å². The van der Waals surface area contributed by atoms with Crippen LogP contribution in [0.25, 0.3) is 6.08 Å². The van der Waals surface area contributed by atoms with E-state index >= 15 is 0 Å². The van der Waals surface area contributed by atoms with Gasteiger partial charge >= 0.3 is 5.97 Å². The Bertz CT molecular complexity index is 646. The minimum absolute atomic E-state index is 0.117. The maximum absolute atomic E-state index is 13.1. The molecule has 0 atom stereocenters. The Morgan fingerprint density at radius 3 is 2.70 bits per heavy atom. The molecule has 0 aliphatic carbocycles. The van der Waals surface area contributed by atoms with E-state index < -0.39 is 30.1 Å². The Balaban J connectivity index is 2.27. The van der Waals surface area contributed by atoms with Crippen molar-refractivity contribution in [1.82, 2.24) is 4.90 Å². The summed E-state index contributed by atoms with van der Waals surface area (Å²) in [6.07, 6.45) is 1.34. The fourth-order valence-electron chi connectivity index (χ4n) is 1.53. The van der Waals surface area contributed by atoms with Crippen molar-refractivity contribution in [3.05, 3.63) is 40.3 Å². The van der Waals surface area contributed by atoms with Crippen LogP contribution in [0.3, 0.4) is 0 Å².